The summed E-state index contributed by atoms with van der Waals surface area (Å²) in [6.45, 7) is 2.39. The van der Waals surface area contributed by atoms with Crippen LogP contribution < -0.4 is 5.32 Å². The Morgan fingerprint density at radius 2 is 2.07 bits per heavy atom. The first-order chi connectivity index (χ1) is 14.0. The first-order valence-corrected chi connectivity index (χ1v) is 9.82. The molecule has 2 aromatic carbocycles. The van der Waals surface area contributed by atoms with Crippen molar-refractivity contribution in [3.63, 3.8) is 0 Å². The van der Waals surface area contributed by atoms with Crippen LogP contribution in [-0.2, 0) is 13.5 Å². The van der Waals surface area contributed by atoms with Gasteiger partial charge in [0.25, 0.3) is 5.91 Å². The van der Waals surface area contributed by atoms with E-state index in [9.17, 15) is 4.79 Å². The third-order valence-electron chi connectivity index (χ3n) is 4.65. The van der Waals surface area contributed by atoms with Gasteiger partial charge in [-0.05, 0) is 30.7 Å². The smallest absolute Gasteiger partial charge is 0.252 e. The van der Waals surface area contributed by atoms with Crippen molar-refractivity contribution in [2.24, 2.45) is 7.05 Å². The number of benzene rings is 2. The van der Waals surface area contributed by atoms with Crippen molar-refractivity contribution in [2.75, 3.05) is 6.54 Å². The second-order valence-corrected chi connectivity index (χ2v) is 7.36. The van der Waals surface area contributed by atoms with Crippen LogP contribution >= 0.6 is 23.2 Å². The molecule has 0 bridgehead atoms. The molecule has 0 aliphatic heterocycles. The average Bonchev–Trinajstić information content (AvgIpc) is 3.31. The molecule has 0 saturated carbocycles. The molecule has 0 atom stereocenters. The lowest BCUT2D eigenvalue weighted by Gasteiger charge is -2.05. The lowest BCUT2D eigenvalue weighted by Crippen LogP contribution is -2.22. The van der Waals surface area contributed by atoms with Crippen LogP contribution in [0.4, 0.5) is 0 Å². The molecule has 2 N–H and O–H groups in total. The van der Waals surface area contributed by atoms with E-state index in [2.05, 4.69) is 25.6 Å². The van der Waals surface area contributed by atoms with Crippen LogP contribution in [0.15, 0.2) is 36.5 Å². The number of hydrogen-bond donors (Lipinski definition) is 2. The molecule has 7 nitrogen and oxygen atoms in total. The van der Waals surface area contributed by atoms with Crippen molar-refractivity contribution in [1.82, 2.24) is 30.3 Å². The first-order valence-electron chi connectivity index (χ1n) is 9.06. The van der Waals surface area contributed by atoms with Crippen molar-refractivity contribution in [2.45, 2.75) is 13.3 Å². The SMILES string of the molecule is CCNC(=O)c1ccc(-c2nc(Cc3ccc4[nH]ncc4c3Cl)n(C)n2)cc1Cl. The van der Waals surface area contributed by atoms with Gasteiger partial charge in [-0.15, -0.1) is 0 Å². The molecule has 0 aliphatic rings. The highest BCUT2D eigenvalue weighted by Crippen LogP contribution is 2.28. The molecular formula is C20H18Cl2N6O. The van der Waals surface area contributed by atoms with Crippen LogP contribution in [0, 0.1) is 0 Å². The number of hydrogen-bond acceptors (Lipinski definition) is 4. The van der Waals surface area contributed by atoms with Gasteiger partial charge in [0.2, 0.25) is 0 Å². The summed E-state index contributed by atoms with van der Waals surface area (Å²) in [7, 11) is 1.83. The van der Waals surface area contributed by atoms with Crippen molar-refractivity contribution >= 4 is 40.0 Å². The maximum absolute atomic E-state index is 12.0. The number of carbonyl (C=O) groups is 1. The van der Waals surface area contributed by atoms with E-state index in [4.69, 9.17) is 23.2 Å². The van der Waals surface area contributed by atoms with E-state index in [1.807, 2.05) is 26.1 Å². The standard InChI is InChI=1S/C20H18Cl2N6O/c1-3-23-20(29)13-6-4-12(8-15(13)21)19-25-17(28(2)27-19)9-11-5-7-16-14(18(11)22)10-24-26-16/h4-8,10H,3,9H2,1-2H3,(H,23,29)(H,24,26). The number of rotatable bonds is 5. The van der Waals surface area contributed by atoms with Crippen LogP contribution in [0.1, 0.15) is 28.7 Å². The Hall–Kier alpha value is -2.90. The maximum Gasteiger partial charge on any atom is 0.252 e. The minimum Gasteiger partial charge on any atom is -0.352 e. The minimum absolute atomic E-state index is 0.206. The van der Waals surface area contributed by atoms with E-state index in [0.717, 1.165) is 27.9 Å². The van der Waals surface area contributed by atoms with Gasteiger partial charge in [0, 0.05) is 31.0 Å². The predicted octanol–water partition coefficient (Wildman–Crippen LogP) is 4.01. The molecule has 2 heterocycles. The Morgan fingerprint density at radius 1 is 1.24 bits per heavy atom. The van der Waals surface area contributed by atoms with Crippen LogP contribution in [0.3, 0.4) is 0 Å². The summed E-state index contributed by atoms with van der Waals surface area (Å²) in [5.41, 5.74) is 2.99. The average molecular weight is 429 g/mol. The van der Waals surface area contributed by atoms with Crippen LogP contribution in [0.25, 0.3) is 22.3 Å². The summed E-state index contributed by atoms with van der Waals surface area (Å²) in [4.78, 5) is 16.7. The third-order valence-corrected chi connectivity index (χ3v) is 5.41. The molecule has 0 aliphatic carbocycles. The number of aromatic nitrogens is 5. The number of amides is 1. The predicted molar refractivity (Wildman–Crippen MR) is 113 cm³/mol. The molecule has 2 aromatic heterocycles. The maximum atomic E-state index is 12.0. The van der Waals surface area contributed by atoms with Gasteiger partial charge in [0.1, 0.15) is 5.82 Å². The number of nitrogens with one attached hydrogen (secondary N) is 2. The molecule has 4 aromatic rings. The highest BCUT2D eigenvalue weighted by Gasteiger charge is 2.16. The van der Waals surface area contributed by atoms with Crippen molar-refractivity contribution in [3.05, 3.63) is 63.5 Å². The van der Waals surface area contributed by atoms with Crippen molar-refractivity contribution < 1.29 is 4.79 Å². The summed E-state index contributed by atoms with van der Waals surface area (Å²) < 4.78 is 1.72. The van der Waals surface area contributed by atoms with Gasteiger partial charge in [-0.3, -0.25) is 14.6 Å². The van der Waals surface area contributed by atoms with E-state index in [0.29, 0.717) is 34.4 Å². The van der Waals surface area contributed by atoms with Gasteiger partial charge >= 0.3 is 0 Å². The molecule has 0 saturated heterocycles. The van der Waals surface area contributed by atoms with Gasteiger partial charge in [-0.2, -0.15) is 10.2 Å². The molecule has 29 heavy (non-hydrogen) atoms. The quantitative estimate of drug-likeness (QED) is 0.502. The Kier molecular flexibility index (Phi) is 5.25. The summed E-state index contributed by atoms with van der Waals surface area (Å²) in [5.74, 6) is 1.09. The van der Waals surface area contributed by atoms with Crippen LogP contribution in [0.2, 0.25) is 10.0 Å². The van der Waals surface area contributed by atoms with Crippen LogP contribution in [0.5, 0.6) is 0 Å². The Labute approximate surface area is 177 Å². The van der Waals surface area contributed by atoms with E-state index in [1.165, 1.54) is 0 Å². The van der Waals surface area contributed by atoms with Gasteiger partial charge in [-0.1, -0.05) is 35.3 Å². The number of aryl methyl sites for hydroxylation is 1. The van der Waals surface area contributed by atoms with E-state index < -0.39 is 0 Å². The lowest BCUT2D eigenvalue weighted by molar-refractivity contribution is 0.0956. The summed E-state index contributed by atoms with van der Waals surface area (Å²) in [5, 5.41) is 16.0. The van der Waals surface area contributed by atoms with Crippen LogP contribution in [-0.4, -0.2) is 37.4 Å². The van der Waals surface area contributed by atoms with Gasteiger partial charge in [0.05, 0.1) is 27.3 Å². The van der Waals surface area contributed by atoms with Crippen molar-refractivity contribution in [1.29, 1.82) is 0 Å². The molecular weight excluding hydrogens is 411 g/mol. The minimum atomic E-state index is -0.206. The first kappa shape index (κ1) is 19.4. The zero-order valence-corrected chi connectivity index (χ0v) is 17.3. The summed E-state index contributed by atoms with van der Waals surface area (Å²) in [6.07, 6.45) is 2.23. The molecule has 0 radical (unpaired) electrons. The normalized spacial score (nSPS) is 11.2. The number of halogens is 2. The molecule has 0 fully saturated rings. The third kappa shape index (κ3) is 3.71. The highest BCUT2D eigenvalue weighted by atomic mass is 35.5. The van der Waals surface area contributed by atoms with E-state index >= 15 is 0 Å². The van der Waals surface area contributed by atoms with E-state index in [1.54, 1.807) is 29.1 Å². The van der Waals surface area contributed by atoms with Gasteiger partial charge in [-0.25, -0.2) is 4.98 Å². The Morgan fingerprint density at radius 3 is 2.83 bits per heavy atom. The Balaban J connectivity index is 1.63. The fourth-order valence-electron chi connectivity index (χ4n) is 3.12. The highest BCUT2D eigenvalue weighted by molar-refractivity contribution is 6.36. The number of nitrogens with zero attached hydrogens (tertiary/aromatic N) is 4. The second-order valence-electron chi connectivity index (χ2n) is 6.58. The summed E-state index contributed by atoms with van der Waals surface area (Å²) >= 11 is 12.8. The lowest BCUT2D eigenvalue weighted by atomic mass is 10.1. The monoisotopic (exact) mass is 428 g/mol. The number of aromatic amines is 1. The van der Waals surface area contributed by atoms with E-state index in [-0.39, 0.29) is 5.91 Å². The number of fused-ring (bicyclic) bond motifs is 1. The molecule has 0 unspecified atom stereocenters. The number of H-pyrrole nitrogens is 1. The fraction of sp³-hybridized carbons (Fsp3) is 0.200. The van der Waals surface area contributed by atoms with Gasteiger partial charge < -0.3 is 5.32 Å². The fourth-order valence-corrected chi connectivity index (χ4v) is 3.67. The second kappa shape index (κ2) is 7.85. The molecule has 4 rings (SSSR count). The van der Waals surface area contributed by atoms with Crippen molar-refractivity contribution in [3.8, 4) is 11.4 Å². The topological polar surface area (TPSA) is 88.5 Å². The largest absolute Gasteiger partial charge is 0.352 e. The molecule has 9 heteroatoms. The molecule has 148 valence electrons. The Bertz CT molecular complexity index is 1210. The molecule has 1 amide bonds. The number of carbonyl (C=O) groups excluding carboxylic acids is 1. The summed E-state index contributed by atoms with van der Waals surface area (Å²) in [6, 6.07) is 9.08. The zero-order chi connectivity index (χ0) is 20.5. The zero-order valence-electron chi connectivity index (χ0n) is 15.8. The van der Waals surface area contributed by atoms with Gasteiger partial charge in [0.15, 0.2) is 5.82 Å². The molecule has 0 spiro atoms.